The Balaban J connectivity index is 1.55. The van der Waals surface area contributed by atoms with Crippen molar-refractivity contribution in [3.8, 4) is 11.5 Å². The van der Waals surface area contributed by atoms with Gasteiger partial charge < -0.3 is 9.47 Å². The molecule has 0 unspecified atom stereocenters. The minimum absolute atomic E-state index is 0.258. The van der Waals surface area contributed by atoms with E-state index >= 15 is 0 Å². The molecule has 116 valence electrons. The zero-order valence-electron chi connectivity index (χ0n) is 12.4. The van der Waals surface area contributed by atoms with Crippen LogP contribution in [0.25, 0.3) is 10.2 Å². The van der Waals surface area contributed by atoms with E-state index in [4.69, 9.17) is 9.47 Å². The molecule has 6 heteroatoms. The SMILES string of the molecule is C[C@H]1Oc2ccccc2O[C@H]1C(=O)Nc1nc2ccccc2s1. The van der Waals surface area contributed by atoms with Crippen LogP contribution in [-0.4, -0.2) is 23.1 Å². The standard InChI is InChI=1S/C17H14N2O3S/c1-10-15(22-13-8-4-3-7-12(13)21-10)16(20)19-17-18-11-6-2-5-9-14(11)23-17/h2-10,15H,1H3,(H,18,19,20)/t10-,15-/m1/s1. The first kappa shape index (κ1) is 14.0. The topological polar surface area (TPSA) is 60.5 Å². The first-order chi connectivity index (χ1) is 11.2. The summed E-state index contributed by atoms with van der Waals surface area (Å²) in [4.78, 5) is 16.9. The van der Waals surface area contributed by atoms with Crippen LogP contribution in [0.5, 0.6) is 11.5 Å². The van der Waals surface area contributed by atoms with Gasteiger partial charge in [-0.1, -0.05) is 35.6 Å². The van der Waals surface area contributed by atoms with Gasteiger partial charge in [0, 0.05) is 0 Å². The largest absolute Gasteiger partial charge is 0.482 e. The number of fused-ring (bicyclic) bond motifs is 2. The third kappa shape index (κ3) is 2.61. The lowest BCUT2D eigenvalue weighted by Crippen LogP contribution is -2.46. The van der Waals surface area contributed by atoms with Gasteiger partial charge in [0.1, 0.15) is 6.10 Å². The van der Waals surface area contributed by atoms with Crippen molar-refractivity contribution in [2.24, 2.45) is 0 Å². The summed E-state index contributed by atoms with van der Waals surface area (Å²) in [5.41, 5.74) is 0.868. The van der Waals surface area contributed by atoms with Crippen LogP contribution in [-0.2, 0) is 4.79 Å². The number of hydrogen-bond acceptors (Lipinski definition) is 5. The van der Waals surface area contributed by atoms with Crippen molar-refractivity contribution >= 4 is 32.6 Å². The number of para-hydroxylation sites is 3. The molecule has 0 bridgehead atoms. The highest BCUT2D eigenvalue weighted by Gasteiger charge is 2.34. The van der Waals surface area contributed by atoms with Crippen LogP contribution in [0.1, 0.15) is 6.92 Å². The highest BCUT2D eigenvalue weighted by molar-refractivity contribution is 7.22. The molecule has 2 aromatic carbocycles. The Bertz CT molecular complexity index is 844. The molecule has 0 spiro atoms. The molecule has 1 aliphatic heterocycles. The van der Waals surface area contributed by atoms with E-state index in [1.54, 1.807) is 6.07 Å². The monoisotopic (exact) mass is 326 g/mol. The van der Waals surface area contributed by atoms with E-state index in [2.05, 4.69) is 10.3 Å². The number of nitrogens with one attached hydrogen (secondary N) is 1. The predicted molar refractivity (Wildman–Crippen MR) is 89.2 cm³/mol. The zero-order valence-corrected chi connectivity index (χ0v) is 13.2. The Morgan fingerprint density at radius 3 is 2.57 bits per heavy atom. The van der Waals surface area contributed by atoms with E-state index in [0.29, 0.717) is 16.6 Å². The van der Waals surface area contributed by atoms with E-state index in [1.807, 2.05) is 49.4 Å². The van der Waals surface area contributed by atoms with Crippen molar-refractivity contribution in [3.05, 3.63) is 48.5 Å². The minimum atomic E-state index is -0.711. The van der Waals surface area contributed by atoms with Crippen molar-refractivity contribution in [1.29, 1.82) is 0 Å². The Kier molecular flexibility index (Phi) is 3.38. The zero-order chi connectivity index (χ0) is 15.8. The van der Waals surface area contributed by atoms with Gasteiger partial charge in [-0.25, -0.2) is 4.98 Å². The third-order valence-corrected chi connectivity index (χ3v) is 4.58. The van der Waals surface area contributed by atoms with E-state index in [0.717, 1.165) is 10.2 Å². The fourth-order valence-electron chi connectivity index (χ4n) is 2.51. The summed E-state index contributed by atoms with van der Waals surface area (Å²) < 4.78 is 12.6. The number of rotatable bonds is 2. The van der Waals surface area contributed by atoms with Gasteiger partial charge in [0.05, 0.1) is 10.2 Å². The highest BCUT2D eigenvalue weighted by atomic mass is 32.1. The molecule has 1 amide bonds. The van der Waals surface area contributed by atoms with Crippen molar-refractivity contribution in [3.63, 3.8) is 0 Å². The smallest absolute Gasteiger partial charge is 0.271 e. The maximum Gasteiger partial charge on any atom is 0.271 e. The summed E-state index contributed by atoms with van der Waals surface area (Å²) >= 11 is 1.44. The number of carbonyl (C=O) groups is 1. The van der Waals surface area contributed by atoms with Crippen LogP contribution >= 0.6 is 11.3 Å². The molecule has 1 N–H and O–H groups in total. The molecule has 2 heterocycles. The summed E-state index contributed by atoms with van der Waals surface area (Å²) in [6.07, 6.45) is -1.09. The molecule has 5 nitrogen and oxygen atoms in total. The van der Waals surface area contributed by atoms with Crippen molar-refractivity contribution in [2.45, 2.75) is 19.1 Å². The summed E-state index contributed by atoms with van der Waals surface area (Å²) in [5.74, 6) is 0.977. The Hall–Kier alpha value is -2.60. The van der Waals surface area contributed by atoms with Crippen LogP contribution in [0, 0.1) is 0 Å². The second-order valence-electron chi connectivity index (χ2n) is 5.28. The van der Waals surface area contributed by atoms with Crippen LogP contribution in [0.4, 0.5) is 5.13 Å². The van der Waals surface area contributed by atoms with E-state index in [-0.39, 0.29) is 12.0 Å². The predicted octanol–water partition coefficient (Wildman–Crippen LogP) is 3.46. The summed E-state index contributed by atoms with van der Waals surface area (Å²) in [5, 5.41) is 3.39. The fourth-order valence-corrected chi connectivity index (χ4v) is 3.38. The number of anilines is 1. The maximum absolute atomic E-state index is 12.5. The fraction of sp³-hybridized carbons (Fsp3) is 0.176. The lowest BCUT2D eigenvalue weighted by atomic mass is 10.1. The highest BCUT2D eigenvalue weighted by Crippen LogP contribution is 2.34. The van der Waals surface area contributed by atoms with E-state index < -0.39 is 6.10 Å². The van der Waals surface area contributed by atoms with Crippen LogP contribution in [0.3, 0.4) is 0 Å². The van der Waals surface area contributed by atoms with Gasteiger partial charge in [0.15, 0.2) is 16.6 Å². The number of carbonyl (C=O) groups excluding carboxylic acids is 1. The average Bonchev–Trinajstić information content (AvgIpc) is 2.96. The molecule has 1 aliphatic rings. The lowest BCUT2D eigenvalue weighted by Gasteiger charge is -2.30. The number of hydrogen-bond donors (Lipinski definition) is 1. The van der Waals surface area contributed by atoms with Gasteiger partial charge in [-0.3, -0.25) is 10.1 Å². The normalized spacial score (nSPS) is 19.5. The van der Waals surface area contributed by atoms with E-state index in [1.165, 1.54) is 11.3 Å². The lowest BCUT2D eigenvalue weighted by molar-refractivity contribution is -0.128. The van der Waals surface area contributed by atoms with Gasteiger partial charge in [0.25, 0.3) is 5.91 Å². The quantitative estimate of drug-likeness (QED) is 0.783. The molecule has 2 atom stereocenters. The molecule has 0 fully saturated rings. The molecule has 0 radical (unpaired) electrons. The Labute approximate surface area is 136 Å². The van der Waals surface area contributed by atoms with Crippen molar-refractivity contribution in [2.75, 3.05) is 5.32 Å². The van der Waals surface area contributed by atoms with Crippen molar-refractivity contribution in [1.82, 2.24) is 4.98 Å². The molecule has 0 saturated heterocycles. The van der Waals surface area contributed by atoms with Gasteiger partial charge in [-0.05, 0) is 31.2 Å². The van der Waals surface area contributed by atoms with Crippen LogP contribution in [0.2, 0.25) is 0 Å². The molecule has 4 rings (SSSR count). The third-order valence-electron chi connectivity index (χ3n) is 3.62. The minimum Gasteiger partial charge on any atom is -0.482 e. The second-order valence-corrected chi connectivity index (χ2v) is 6.31. The van der Waals surface area contributed by atoms with Crippen LogP contribution in [0.15, 0.2) is 48.5 Å². The number of ether oxygens (including phenoxy) is 2. The molecule has 3 aromatic rings. The molecular weight excluding hydrogens is 312 g/mol. The first-order valence-electron chi connectivity index (χ1n) is 7.29. The summed E-state index contributed by atoms with van der Waals surface area (Å²) in [6.45, 7) is 1.82. The number of benzene rings is 2. The first-order valence-corrected chi connectivity index (χ1v) is 8.11. The number of thiazole rings is 1. The maximum atomic E-state index is 12.5. The van der Waals surface area contributed by atoms with Crippen LogP contribution < -0.4 is 14.8 Å². The second kappa shape index (κ2) is 5.55. The molecule has 1 aromatic heterocycles. The number of aromatic nitrogens is 1. The summed E-state index contributed by atoms with van der Waals surface area (Å²) in [6, 6.07) is 15.1. The molecular formula is C17H14N2O3S. The van der Waals surface area contributed by atoms with Gasteiger partial charge in [0.2, 0.25) is 6.10 Å². The van der Waals surface area contributed by atoms with E-state index in [9.17, 15) is 4.79 Å². The van der Waals surface area contributed by atoms with Gasteiger partial charge in [-0.15, -0.1) is 0 Å². The van der Waals surface area contributed by atoms with Crippen molar-refractivity contribution < 1.29 is 14.3 Å². The Morgan fingerprint density at radius 1 is 1.09 bits per heavy atom. The Morgan fingerprint density at radius 2 is 1.78 bits per heavy atom. The average molecular weight is 326 g/mol. The molecule has 0 saturated carbocycles. The summed E-state index contributed by atoms with van der Waals surface area (Å²) in [7, 11) is 0. The molecule has 23 heavy (non-hydrogen) atoms. The molecule has 0 aliphatic carbocycles. The number of amides is 1. The van der Waals surface area contributed by atoms with Gasteiger partial charge >= 0.3 is 0 Å². The van der Waals surface area contributed by atoms with Gasteiger partial charge in [-0.2, -0.15) is 0 Å². The number of nitrogens with zero attached hydrogens (tertiary/aromatic N) is 1.